The lowest BCUT2D eigenvalue weighted by Gasteiger charge is -2.12. The van der Waals surface area contributed by atoms with Gasteiger partial charge < -0.3 is 14.8 Å². The van der Waals surface area contributed by atoms with E-state index < -0.39 is 10.0 Å². The number of ether oxygens (including phenoxy) is 2. The molecular weight excluding hydrogens is 356 g/mol. The highest BCUT2D eigenvalue weighted by atomic mass is 32.2. The van der Waals surface area contributed by atoms with Crippen molar-refractivity contribution in [2.45, 2.75) is 11.8 Å². The van der Waals surface area contributed by atoms with Gasteiger partial charge >= 0.3 is 0 Å². The fraction of sp³-hybridized carbons (Fsp3) is 0.278. The summed E-state index contributed by atoms with van der Waals surface area (Å²) in [6, 6.07) is 10.9. The highest BCUT2D eigenvalue weighted by molar-refractivity contribution is 7.92. The zero-order chi connectivity index (χ0) is 19.2. The summed E-state index contributed by atoms with van der Waals surface area (Å²) in [5.74, 6) is 0.277. The number of hydrogen-bond donors (Lipinski definition) is 2. The summed E-state index contributed by atoms with van der Waals surface area (Å²) < 4.78 is 37.6. The third-order valence-electron chi connectivity index (χ3n) is 3.70. The molecule has 1 amide bonds. The van der Waals surface area contributed by atoms with E-state index in [4.69, 9.17) is 9.47 Å². The maximum Gasteiger partial charge on any atom is 0.261 e. The van der Waals surface area contributed by atoms with Crippen molar-refractivity contribution in [2.75, 3.05) is 32.1 Å². The molecule has 0 saturated heterocycles. The van der Waals surface area contributed by atoms with E-state index in [1.54, 1.807) is 37.3 Å². The highest BCUT2D eigenvalue weighted by Gasteiger charge is 2.18. The molecule has 2 N–H and O–H groups in total. The van der Waals surface area contributed by atoms with E-state index in [2.05, 4.69) is 10.0 Å². The molecule has 26 heavy (non-hydrogen) atoms. The quantitative estimate of drug-likeness (QED) is 0.687. The van der Waals surface area contributed by atoms with Crippen LogP contribution in [0.25, 0.3) is 0 Å². The van der Waals surface area contributed by atoms with E-state index >= 15 is 0 Å². The second-order valence-corrected chi connectivity index (χ2v) is 7.24. The van der Waals surface area contributed by atoms with E-state index in [1.807, 2.05) is 0 Å². The molecule has 0 aliphatic carbocycles. The number of carbonyl (C=O) groups excluding carboxylic acids is 1. The maximum absolute atomic E-state index is 12.6. The van der Waals surface area contributed by atoms with Crippen LogP contribution < -0.4 is 14.8 Å². The Kier molecular flexibility index (Phi) is 6.59. The summed E-state index contributed by atoms with van der Waals surface area (Å²) in [4.78, 5) is 12.3. The second kappa shape index (κ2) is 8.68. The average Bonchev–Trinajstić information content (AvgIpc) is 2.62. The Morgan fingerprint density at radius 3 is 2.38 bits per heavy atom. The molecule has 0 aliphatic rings. The number of methoxy groups -OCH3 is 2. The Bertz CT molecular complexity index is 864. The van der Waals surface area contributed by atoms with E-state index in [9.17, 15) is 13.2 Å². The van der Waals surface area contributed by atoms with Crippen LogP contribution in [0.5, 0.6) is 5.75 Å². The van der Waals surface area contributed by atoms with Gasteiger partial charge in [0, 0.05) is 24.9 Å². The standard InChI is InChI=1S/C18H22N2O5S/c1-13-4-9-16(12-17(13)18(21)19-10-11-24-2)26(22,23)20-14-5-7-15(25-3)8-6-14/h4-9,12,20H,10-11H2,1-3H3,(H,19,21). The van der Waals surface area contributed by atoms with E-state index in [0.717, 1.165) is 0 Å². The molecule has 0 spiro atoms. The molecule has 2 aromatic rings. The van der Waals surface area contributed by atoms with Crippen LogP contribution in [0.3, 0.4) is 0 Å². The van der Waals surface area contributed by atoms with Crippen LogP contribution in [0.1, 0.15) is 15.9 Å². The van der Waals surface area contributed by atoms with Crippen molar-refractivity contribution < 1.29 is 22.7 Å². The summed E-state index contributed by atoms with van der Waals surface area (Å²) in [6.07, 6.45) is 0. The minimum Gasteiger partial charge on any atom is -0.497 e. The molecule has 0 radical (unpaired) electrons. The number of sulfonamides is 1. The molecule has 0 saturated carbocycles. The van der Waals surface area contributed by atoms with Gasteiger partial charge in [-0.05, 0) is 48.9 Å². The molecule has 0 fully saturated rings. The number of rotatable bonds is 8. The van der Waals surface area contributed by atoms with Crippen LogP contribution in [0.15, 0.2) is 47.4 Å². The van der Waals surface area contributed by atoms with Gasteiger partial charge in [-0.2, -0.15) is 0 Å². The Balaban J connectivity index is 2.23. The monoisotopic (exact) mass is 378 g/mol. The van der Waals surface area contributed by atoms with Gasteiger partial charge in [-0.3, -0.25) is 9.52 Å². The maximum atomic E-state index is 12.6. The molecule has 2 rings (SSSR count). The molecule has 7 nitrogen and oxygen atoms in total. The lowest BCUT2D eigenvalue weighted by atomic mass is 10.1. The Morgan fingerprint density at radius 2 is 1.77 bits per heavy atom. The number of anilines is 1. The van der Waals surface area contributed by atoms with E-state index in [0.29, 0.717) is 35.7 Å². The molecule has 140 valence electrons. The third-order valence-corrected chi connectivity index (χ3v) is 5.08. The number of carbonyl (C=O) groups is 1. The fourth-order valence-electron chi connectivity index (χ4n) is 2.25. The van der Waals surface area contributed by atoms with Gasteiger partial charge in [-0.15, -0.1) is 0 Å². The van der Waals surface area contributed by atoms with Crippen molar-refractivity contribution in [2.24, 2.45) is 0 Å². The van der Waals surface area contributed by atoms with E-state index in [1.165, 1.54) is 26.4 Å². The van der Waals surface area contributed by atoms with Crippen molar-refractivity contribution in [3.63, 3.8) is 0 Å². The molecule has 8 heteroatoms. The van der Waals surface area contributed by atoms with Crippen LogP contribution in [0.2, 0.25) is 0 Å². The molecule has 0 aliphatic heterocycles. The fourth-order valence-corrected chi connectivity index (χ4v) is 3.33. The van der Waals surface area contributed by atoms with Crippen molar-refractivity contribution in [1.82, 2.24) is 5.32 Å². The minimum atomic E-state index is -3.83. The summed E-state index contributed by atoms with van der Waals surface area (Å²) in [6.45, 7) is 2.47. The Labute approximate surface area is 153 Å². The predicted molar refractivity (Wildman–Crippen MR) is 99.2 cm³/mol. The van der Waals surface area contributed by atoms with Crippen LogP contribution in [-0.2, 0) is 14.8 Å². The number of nitrogens with one attached hydrogen (secondary N) is 2. The predicted octanol–water partition coefficient (Wildman–Crippen LogP) is 2.18. The van der Waals surface area contributed by atoms with Gasteiger partial charge in [0.2, 0.25) is 0 Å². The van der Waals surface area contributed by atoms with Gasteiger partial charge in [0.1, 0.15) is 5.75 Å². The number of benzene rings is 2. The summed E-state index contributed by atoms with van der Waals surface area (Å²) in [5, 5.41) is 2.69. The van der Waals surface area contributed by atoms with Crippen LogP contribution >= 0.6 is 0 Å². The van der Waals surface area contributed by atoms with Crippen LogP contribution in [0.4, 0.5) is 5.69 Å². The third kappa shape index (κ3) is 4.96. The van der Waals surface area contributed by atoms with Crippen LogP contribution in [0, 0.1) is 6.92 Å². The van der Waals surface area contributed by atoms with Crippen molar-refractivity contribution in [3.05, 3.63) is 53.6 Å². The van der Waals surface area contributed by atoms with Crippen LogP contribution in [-0.4, -0.2) is 41.7 Å². The van der Waals surface area contributed by atoms with Crippen molar-refractivity contribution in [1.29, 1.82) is 0 Å². The Morgan fingerprint density at radius 1 is 1.08 bits per heavy atom. The minimum absolute atomic E-state index is 0.0100. The lowest BCUT2D eigenvalue weighted by molar-refractivity contribution is 0.0936. The Hall–Kier alpha value is -2.58. The first kappa shape index (κ1) is 19.7. The van der Waals surface area contributed by atoms with Gasteiger partial charge in [0.25, 0.3) is 15.9 Å². The first-order valence-corrected chi connectivity index (χ1v) is 9.40. The number of hydrogen-bond acceptors (Lipinski definition) is 5. The topological polar surface area (TPSA) is 93.7 Å². The van der Waals surface area contributed by atoms with Crippen molar-refractivity contribution in [3.8, 4) is 5.75 Å². The summed E-state index contributed by atoms with van der Waals surface area (Å²) in [7, 11) is -0.757. The molecule has 2 aromatic carbocycles. The summed E-state index contributed by atoms with van der Waals surface area (Å²) >= 11 is 0. The second-order valence-electron chi connectivity index (χ2n) is 5.56. The lowest BCUT2D eigenvalue weighted by Crippen LogP contribution is -2.28. The average molecular weight is 378 g/mol. The molecule has 0 bridgehead atoms. The summed E-state index contributed by atoms with van der Waals surface area (Å²) in [5.41, 5.74) is 1.39. The van der Waals surface area contributed by atoms with Gasteiger partial charge in [-0.25, -0.2) is 8.42 Å². The first-order chi connectivity index (χ1) is 12.4. The van der Waals surface area contributed by atoms with Crippen molar-refractivity contribution >= 4 is 21.6 Å². The molecule has 0 unspecified atom stereocenters. The normalized spacial score (nSPS) is 11.0. The SMILES string of the molecule is COCCNC(=O)c1cc(S(=O)(=O)Nc2ccc(OC)cc2)ccc1C. The number of amides is 1. The largest absolute Gasteiger partial charge is 0.497 e. The first-order valence-electron chi connectivity index (χ1n) is 7.92. The van der Waals surface area contributed by atoms with Gasteiger partial charge in [-0.1, -0.05) is 6.07 Å². The van der Waals surface area contributed by atoms with E-state index in [-0.39, 0.29) is 10.8 Å². The smallest absolute Gasteiger partial charge is 0.261 e. The highest BCUT2D eigenvalue weighted by Crippen LogP contribution is 2.21. The zero-order valence-corrected chi connectivity index (χ0v) is 15.7. The zero-order valence-electron chi connectivity index (χ0n) is 14.9. The molecule has 0 aromatic heterocycles. The van der Waals surface area contributed by atoms with Gasteiger partial charge in [0.15, 0.2) is 0 Å². The van der Waals surface area contributed by atoms with Gasteiger partial charge in [0.05, 0.1) is 18.6 Å². The molecular formula is C18H22N2O5S. The number of aryl methyl sites for hydroxylation is 1. The molecule has 0 heterocycles. The molecule has 0 atom stereocenters.